The predicted molar refractivity (Wildman–Crippen MR) is 89.8 cm³/mol. The van der Waals surface area contributed by atoms with Gasteiger partial charge >= 0.3 is 0 Å². The standard InChI is InChI=1S/C17H19ClFNS/c1-3-20-16(14-6-4-5-7-17(14)21-2)11-12-10-13(19)8-9-15(12)18/h4-10,16,20H,3,11H2,1-2H3. The second-order valence-corrected chi connectivity index (χ2v) is 6.05. The highest BCUT2D eigenvalue weighted by atomic mass is 35.5. The van der Waals surface area contributed by atoms with Gasteiger partial charge in [0.05, 0.1) is 0 Å². The summed E-state index contributed by atoms with van der Waals surface area (Å²) < 4.78 is 13.4. The molecule has 2 aromatic rings. The number of nitrogens with one attached hydrogen (secondary N) is 1. The molecule has 0 aliphatic rings. The van der Waals surface area contributed by atoms with Crippen molar-refractivity contribution < 1.29 is 4.39 Å². The van der Waals surface area contributed by atoms with E-state index in [0.717, 1.165) is 12.1 Å². The number of benzene rings is 2. The Balaban J connectivity index is 2.33. The lowest BCUT2D eigenvalue weighted by atomic mass is 9.98. The molecule has 21 heavy (non-hydrogen) atoms. The molecule has 0 radical (unpaired) electrons. The van der Waals surface area contributed by atoms with Crippen LogP contribution in [0.15, 0.2) is 47.4 Å². The van der Waals surface area contributed by atoms with Crippen molar-refractivity contribution in [2.24, 2.45) is 0 Å². The summed E-state index contributed by atoms with van der Waals surface area (Å²) in [6.45, 7) is 2.92. The first kappa shape index (κ1) is 16.3. The highest BCUT2D eigenvalue weighted by Gasteiger charge is 2.16. The van der Waals surface area contributed by atoms with Crippen LogP contribution in [-0.2, 0) is 6.42 Å². The molecule has 0 saturated heterocycles. The van der Waals surface area contributed by atoms with Crippen LogP contribution in [0.2, 0.25) is 5.02 Å². The normalized spacial score (nSPS) is 12.4. The van der Waals surface area contributed by atoms with Crippen molar-refractivity contribution in [1.82, 2.24) is 5.32 Å². The number of thioether (sulfide) groups is 1. The SMILES string of the molecule is CCNC(Cc1cc(F)ccc1Cl)c1ccccc1SC. The fourth-order valence-electron chi connectivity index (χ4n) is 2.41. The molecular formula is C17H19ClFNS. The first-order valence-electron chi connectivity index (χ1n) is 6.96. The minimum absolute atomic E-state index is 0.123. The molecule has 2 rings (SSSR count). The van der Waals surface area contributed by atoms with Gasteiger partial charge in [0.25, 0.3) is 0 Å². The van der Waals surface area contributed by atoms with E-state index in [1.54, 1.807) is 17.8 Å². The average molecular weight is 324 g/mol. The quantitative estimate of drug-likeness (QED) is 0.743. The van der Waals surface area contributed by atoms with Gasteiger partial charge in [0.1, 0.15) is 5.82 Å². The van der Waals surface area contributed by atoms with Gasteiger partial charge in [0.15, 0.2) is 0 Å². The zero-order valence-corrected chi connectivity index (χ0v) is 13.8. The molecule has 4 heteroatoms. The lowest BCUT2D eigenvalue weighted by Gasteiger charge is -2.21. The minimum atomic E-state index is -0.247. The summed E-state index contributed by atoms with van der Waals surface area (Å²) >= 11 is 7.92. The van der Waals surface area contributed by atoms with Crippen LogP contribution in [-0.4, -0.2) is 12.8 Å². The molecule has 0 amide bonds. The molecule has 1 atom stereocenters. The van der Waals surface area contributed by atoms with Crippen LogP contribution in [0.5, 0.6) is 0 Å². The summed E-state index contributed by atoms with van der Waals surface area (Å²) in [5.41, 5.74) is 2.06. The van der Waals surface area contributed by atoms with Gasteiger partial charge in [-0.25, -0.2) is 4.39 Å². The maximum atomic E-state index is 13.4. The molecule has 1 nitrogen and oxygen atoms in total. The summed E-state index contributed by atoms with van der Waals surface area (Å²) in [4.78, 5) is 1.23. The second-order valence-electron chi connectivity index (χ2n) is 4.79. The summed E-state index contributed by atoms with van der Waals surface area (Å²) in [6, 6.07) is 13.0. The van der Waals surface area contributed by atoms with Gasteiger partial charge in [-0.3, -0.25) is 0 Å². The Labute approximate surface area is 134 Å². The molecule has 0 bridgehead atoms. The number of hydrogen-bond acceptors (Lipinski definition) is 2. The van der Waals surface area contributed by atoms with Crippen molar-refractivity contribution in [3.05, 3.63) is 64.4 Å². The largest absolute Gasteiger partial charge is 0.310 e. The van der Waals surface area contributed by atoms with E-state index in [1.165, 1.54) is 22.6 Å². The van der Waals surface area contributed by atoms with E-state index in [4.69, 9.17) is 11.6 Å². The highest BCUT2D eigenvalue weighted by molar-refractivity contribution is 7.98. The minimum Gasteiger partial charge on any atom is -0.310 e. The van der Waals surface area contributed by atoms with E-state index < -0.39 is 0 Å². The zero-order valence-electron chi connectivity index (χ0n) is 12.2. The molecule has 2 aromatic carbocycles. The number of halogens is 2. The van der Waals surface area contributed by atoms with Crippen molar-refractivity contribution in [1.29, 1.82) is 0 Å². The Hall–Kier alpha value is -1.03. The molecule has 0 spiro atoms. The van der Waals surface area contributed by atoms with Gasteiger partial charge < -0.3 is 5.32 Å². The fraction of sp³-hybridized carbons (Fsp3) is 0.294. The third kappa shape index (κ3) is 4.22. The molecule has 1 N–H and O–H groups in total. The third-order valence-electron chi connectivity index (χ3n) is 3.40. The lowest BCUT2D eigenvalue weighted by molar-refractivity contribution is 0.539. The Morgan fingerprint density at radius 1 is 1.24 bits per heavy atom. The van der Waals surface area contributed by atoms with Crippen LogP contribution in [0, 0.1) is 5.82 Å². The van der Waals surface area contributed by atoms with E-state index in [9.17, 15) is 4.39 Å². The monoisotopic (exact) mass is 323 g/mol. The van der Waals surface area contributed by atoms with Crippen molar-refractivity contribution in [3.8, 4) is 0 Å². The Morgan fingerprint density at radius 3 is 2.71 bits per heavy atom. The Morgan fingerprint density at radius 2 is 2.00 bits per heavy atom. The van der Waals surface area contributed by atoms with Gasteiger partial charge in [-0.1, -0.05) is 36.7 Å². The summed E-state index contributed by atoms with van der Waals surface area (Å²) in [6.07, 6.45) is 2.74. The molecule has 112 valence electrons. The van der Waals surface area contributed by atoms with E-state index in [2.05, 4.69) is 30.6 Å². The number of rotatable bonds is 6. The molecular weight excluding hydrogens is 305 g/mol. The first-order chi connectivity index (χ1) is 10.2. The van der Waals surface area contributed by atoms with Crippen LogP contribution in [0.3, 0.4) is 0 Å². The van der Waals surface area contributed by atoms with E-state index in [0.29, 0.717) is 11.4 Å². The highest BCUT2D eigenvalue weighted by Crippen LogP contribution is 2.30. The van der Waals surface area contributed by atoms with Gasteiger partial charge in [0.2, 0.25) is 0 Å². The molecule has 0 heterocycles. The third-order valence-corrected chi connectivity index (χ3v) is 4.58. The maximum Gasteiger partial charge on any atom is 0.123 e. The molecule has 0 saturated carbocycles. The van der Waals surface area contributed by atoms with E-state index >= 15 is 0 Å². The Kier molecular flexibility index (Phi) is 6.09. The van der Waals surface area contributed by atoms with Crippen molar-refractivity contribution in [2.75, 3.05) is 12.8 Å². The molecule has 0 aromatic heterocycles. The molecule has 0 aliphatic heterocycles. The van der Waals surface area contributed by atoms with Crippen LogP contribution in [0.4, 0.5) is 4.39 Å². The van der Waals surface area contributed by atoms with Gasteiger partial charge in [0, 0.05) is 16.0 Å². The smallest absolute Gasteiger partial charge is 0.123 e. The van der Waals surface area contributed by atoms with Crippen LogP contribution in [0.25, 0.3) is 0 Å². The first-order valence-corrected chi connectivity index (χ1v) is 8.56. The van der Waals surface area contributed by atoms with Crippen molar-refractivity contribution in [3.63, 3.8) is 0 Å². The van der Waals surface area contributed by atoms with Gasteiger partial charge in [-0.05, 0) is 54.6 Å². The van der Waals surface area contributed by atoms with Crippen molar-refractivity contribution >= 4 is 23.4 Å². The second kappa shape index (κ2) is 7.83. The van der Waals surface area contributed by atoms with Gasteiger partial charge in [-0.2, -0.15) is 0 Å². The molecule has 0 fully saturated rings. The molecule has 0 aliphatic carbocycles. The topological polar surface area (TPSA) is 12.0 Å². The van der Waals surface area contributed by atoms with Crippen LogP contribution < -0.4 is 5.32 Å². The summed E-state index contributed by atoms with van der Waals surface area (Å²) in [5, 5.41) is 4.09. The average Bonchev–Trinajstić information content (AvgIpc) is 2.50. The summed E-state index contributed by atoms with van der Waals surface area (Å²) in [7, 11) is 0. The fourth-order valence-corrected chi connectivity index (χ4v) is 3.27. The maximum absolute atomic E-state index is 13.4. The number of likely N-dealkylation sites (N-methyl/N-ethyl adjacent to an activating group) is 1. The van der Waals surface area contributed by atoms with Crippen LogP contribution >= 0.6 is 23.4 Å². The van der Waals surface area contributed by atoms with Crippen molar-refractivity contribution in [2.45, 2.75) is 24.3 Å². The number of hydrogen-bond donors (Lipinski definition) is 1. The molecule has 1 unspecified atom stereocenters. The summed E-state index contributed by atoms with van der Waals surface area (Å²) in [5.74, 6) is -0.247. The van der Waals surface area contributed by atoms with E-state index in [-0.39, 0.29) is 11.9 Å². The Bertz CT molecular complexity index is 603. The zero-order chi connectivity index (χ0) is 15.2. The van der Waals surface area contributed by atoms with Crippen LogP contribution in [0.1, 0.15) is 24.1 Å². The predicted octanol–water partition coefficient (Wildman–Crippen LogP) is 5.09. The van der Waals surface area contributed by atoms with Gasteiger partial charge in [-0.15, -0.1) is 11.8 Å². The lowest BCUT2D eigenvalue weighted by Crippen LogP contribution is -2.23. The van der Waals surface area contributed by atoms with E-state index in [1.807, 2.05) is 12.1 Å².